The van der Waals surface area contributed by atoms with Crippen LogP contribution in [0, 0.1) is 10.1 Å². The van der Waals surface area contributed by atoms with E-state index in [1.165, 1.54) is 36.5 Å². The number of imide groups is 1. The molecule has 1 heterocycles. The molecule has 2 aromatic rings. The second-order valence-corrected chi connectivity index (χ2v) is 8.04. The van der Waals surface area contributed by atoms with Crippen LogP contribution < -0.4 is 10.6 Å². The molecule has 3 rings (SSSR count). The van der Waals surface area contributed by atoms with Crippen molar-refractivity contribution in [3.8, 4) is 0 Å². The largest absolute Gasteiger partial charge is 0.377 e. The predicted octanol–water partition coefficient (Wildman–Crippen LogP) is 3.62. The van der Waals surface area contributed by atoms with Crippen molar-refractivity contribution in [2.75, 3.05) is 4.90 Å². The Kier molecular flexibility index (Phi) is 6.70. The number of benzene rings is 2. The molecular formula is C18H13Cl2N5O4S. The van der Waals surface area contributed by atoms with E-state index in [0.717, 1.165) is 16.7 Å². The molecule has 2 amide bonds. The summed E-state index contributed by atoms with van der Waals surface area (Å²) in [5.74, 6) is -0.951. The zero-order chi connectivity index (χ0) is 21.8. The number of amides is 2. The lowest BCUT2D eigenvalue weighted by atomic mass is 10.2. The van der Waals surface area contributed by atoms with E-state index < -0.39 is 22.0 Å². The summed E-state index contributed by atoms with van der Waals surface area (Å²) in [6.45, 7) is 0. The number of amidine groups is 1. The van der Waals surface area contributed by atoms with Crippen LogP contribution in [0.1, 0.15) is 12.0 Å². The molecule has 12 heteroatoms. The summed E-state index contributed by atoms with van der Waals surface area (Å²) in [6, 6.07) is 10.5. The number of nitro benzene ring substituents is 1. The van der Waals surface area contributed by atoms with Crippen LogP contribution in [0.5, 0.6) is 0 Å². The SMILES string of the molecule is NC(=N/N=C\c1ccccc1[N+](=O)[O-])S[C@@H]1CC(=O)N(c2cc(Cl)ccc2Cl)C1=O. The topological polar surface area (TPSA) is 131 Å². The number of carbonyl (C=O) groups is 2. The van der Waals surface area contributed by atoms with Crippen molar-refractivity contribution in [2.45, 2.75) is 11.7 Å². The maximum atomic E-state index is 12.7. The first-order chi connectivity index (χ1) is 14.3. The van der Waals surface area contributed by atoms with E-state index >= 15 is 0 Å². The third-order valence-electron chi connectivity index (χ3n) is 4.00. The molecule has 1 saturated heterocycles. The van der Waals surface area contributed by atoms with E-state index in [0.29, 0.717) is 5.02 Å². The molecular weight excluding hydrogens is 453 g/mol. The van der Waals surface area contributed by atoms with E-state index in [2.05, 4.69) is 10.2 Å². The van der Waals surface area contributed by atoms with Gasteiger partial charge in [0.05, 0.1) is 27.4 Å². The van der Waals surface area contributed by atoms with Gasteiger partial charge < -0.3 is 5.73 Å². The lowest BCUT2D eigenvalue weighted by molar-refractivity contribution is -0.385. The quantitative estimate of drug-likeness (QED) is 0.235. The van der Waals surface area contributed by atoms with Crippen LogP contribution in [0.4, 0.5) is 11.4 Å². The van der Waals surface area contributed by atoms with Crippen LogP contribution in [-0.2, 0) is 9.59 Å². The number of hydrogen-bond acceptors (Lipinski definition) is 7. The second-order valence-electron chi connectivity index (χ2n) is 5.97. The molecule has 0 bridgehead atoms. The number of nitro groups is 1. The highest BCUT2D eigenvalue weighted by Gasteiger charge is 2.41. The molecule has 1 aliphatic rings. The minimum absolute atomic E-state index is 0.0741. The summed E-state index contributed by atoms with van der Waals surface area (Å²) in [6.07, 6.45) is 1.08. The molecule has 9 nitrogen and oxygen atoms in total. The summed E-state index contributed by atoms with van der Waals surface area (Å²) >= 11 is 12.9. The van der Waals surface area contributed by atoms with Gasteiger partial charge in [-0.2, -0.15) is 5.10 Å². The molecule has 0 radical (unpaired) electrons. The van der Waals surface area contributed by atoms with Crippen molar-refractivity contribution >= 4 is 69.5 Å². The van der Waals surface area contributed by atoms with Crippen LogP contribution in [0.2, 0.25) is 10.0 Å². The van der Waals surface area contributed by atoms with Gasteiger partial charge in [-0.3, -0.25) is 19.7 Å². The normalized spacial score (nSPS) is 17.2. The monoisotopic (exact) mass is 465 g/mol. The van der Waals surface area contributed by atoms with Crippen molar-refractivity contribution in [3.05, 3.63) is 68.2 Å². The first-order valence-corrected chi connectivity index (χ1v) is 10.00. The molecule has 0 aromatic heterocycles. The highest BCUT2D eigenvalue weighted by molar-refractivity contribution is 8.14. The van der Waals surface area contributed by atoms with Crippen molar-refractivity contribution in [1.29, 1.82) is 0 Å². The average molecular weight is 466 g/mol. The number of nitrogens with two attached hydrogens (primary N) is 1. The summed E-state index contributed by atoms with van der Waals surface area (Å²) < 4.78 is 0. The third-order valence-corrected chi connectivity index (χ3v) is 5.53. The Balaban J connectivity index is 1.72. The molecule has 30 heavy (non-hydrogen) atoms. The molecule has 0 unspecified atom stereocenters. The molecule has 2 aromatic carbocycles. The molecule has 1 atom stereocenters. The predicted molar refractivity (Wildman–Crippen MR) is 117 cm³/mol. The van der Waals surface area contributed by atoms with Gasteiger partial charge in [-0.25, -0.2) is 4.90 Å². The van der Waals surface area contributed by atoms with Gasteiger partial charge in [0.25, 0.3) is 5.69 Å². The number of thioether (sulfide) groups is 1. The fraction of sp³-hybridized carbons (Fsp3) is 0.111. The molecule has 0 aliphatic carbocycles. The zero-order valence-electron chi connectivity index (χ0n) is 15.1. The average Bonchev–Trinajstić information content (AvgIpc) is 2.97. The van der Waals surface area contributed by atoms with Gasteiger partial charge in [-0.15, -0.1) is 5.10 Å². The Morgan fingerprint density at radius 3 is 2.73 bits per heavy atom. The Hall–Kier alpha value is -2.95. The Morgan fingerprint density at radius 2 is 2.00 bits per heavy atom. The Bertz CT molecular complexity index is 1090. The van der Waals surface area contributed by atoms with E-state index in [-0.39, 0.29) is 33.5 Å². The van der Waals surface area contributed by atoms with E-state index in [4.69, 9.17) is 28.9 Å². The molecule has 2 N–H and O–H groups in total. The van der Waals surface area contributed by atoms with Crippen molar-refractivity contribution < 1.29 is 14.5 Å². The first-order valence-electron chi connectivity index (χ1n) is 8.36. The Labute approximate surface area is 184 Å². The van der Waals surface area contributed by atoms with Crippen molar-refractivity contribution in [2.24, 2.45) is 15.9 Å². The highest BCUT2D eigenvalue weighted by atomic mass is 35.5. The van der Waals surface area contributed by atoms with Crippen LogP contribution in [0.3, 0.4) is 0 Å². The fourth-order valence-corrected chi connectivity index (χ4v) is 3.87. The van der Waals surface area contributed by atoms with E-state index in [1.807, 2.05) is 0 Å². The number of halogens is 2. The number of anilines is 1. The number of hydrogen-bond donors (Lipinski definition) is 1. The molecule has 0 saturated carbocycles. The third kappa shape index (κ3) is 4.78. The van der Waals surface area contributed by atoms with Crippen LogP contribution in [-0.4, -0.2) is 33.4 Å². The van der Waals surface area contributed by atoms with Gasteiger partial charge in [-0.05, 0) is 24.3 Å². The van der Waals surface area contributed by atoms with Gasteiger partial charge in [0.1, 0.15) is 5.25 Å². The van der Waals surface area contributed by atoms with Gasteiger partial charge in [0, 0.05) is 17.5 Å². The number of rotatable bonds is 5. The number of carbonyl (C=O) groups excluding carboxylic acids is 2. The summed E-state index contributed by atoms with van der Waals surface area (Å²) in [5, 5.41) is 18.1. The van der Waals surface area contributed by atoms with Gasteiger partial charge in [0.2, 0.25) is 11.8 Å². The minimum Gasteiger partial charge on any atom is -0.377 e. The number of para-hydroxylation sites is 1. The maximum Gasteiger partial charge on any atom is 0.278 e. The molecule has 0 spiro atoms. The van der Waals surface area contributed by atoms with E-state index in [1.54, 1.807) is 12.1 Å². The number of nitrogens with zero attached hydrogens (tertiary/aromatic N) is 4. The zero-order valence-corrected chi connectivity index (χ0v) is 17.4. The Morgan fingerprint density at radius 1 is 1.27 bits per heavy atom. The standard InChI is InChI=1S/C18H13Cl2N5O4S/c19-11-5-6-12(20)14(7-11)24-16(26)8-15(17(24)27)30-18(21)23-22-9-10-3-1-2-4-13(10)25(28)29/h1-7,9,15H,8H2,(H2,21,23)/b22-9-/t15-/m1/s1. The second kappa shape index (κ2) is 9.24. The van der Waals surface area contributed by atoms with E-state index in [9.17, 15) is 19.7 Å². The molecule has 1 fully saturated rings. The summed E-state index contributed by atoms with van der Waals surface area (Å²) in [7, 11) is 0. The van der Waals surface area contributed by atoms with Crippen LogP contribution in [0.15, 0.2) is 52.7 Å². The fourth-order valence-electron chi connectivity index (χ4n) is 2.69. The summed E-state index contributed by atoms with van der Waals surface area (Å²) in [5.41, 5.74) is 6.12. The van der Waals surface area contributed by atoms with Gasteiger partial charge in [0.15, 0.2) is 5.17 Å². The van der Waals surface area contributed by atoms with Crippen LogP contribution in [0.25, 0.3) is 0 Å². The first kappa shape index (κ1) is 21.8. The lowest BCUT2D eigenvalue weighted by Gasteiger charge is -2.16. The lowest BCUT2D eigenvalue weighted by Crippen LogP contribution is -2.32. The highest BCUT2D eigenvalue weighted by Crippen LogP contribution is 2.35. The molecule has 1 aliphatic heterocycles. The summed E-state index contributed by atoms with van der Waals surface area (Å²) in [4.78, 5) is 36.5. The van der Waals surface area contributed by atoms with Crippen molar-refractivity contribution in [1.82, 2.24) is 0 Å². The van der Waals surface area contributed by atoms with Crippen molar-refractivity contribution in [3.63, 3.8) is 0 Å². The minimum atomic E-state index is -0.808. The smallest absolute Gasteiger partial charge is 0.278 e. The van der Waals surface area contributed by atoms with Gasteiger partial charge >= 0.3 is 0 Å². The molecule has 154 valence electrons. The maximum absolute atomic E-state index is 12.7. The van der Waals surface area contributed by atoms with Gasteiger partial charge in [-0.1, -0.05) is 47.1 Å². The van der Waals surface area contributed by atoms with Crippen LogP contribution >= 0.6 is 35.0 Å².